The van der Waals surface area contributed by atoms with Crippen molar-refractivity contribution < 1.29 is 4.42 Å². The van der Waals surface area contributed by atoms with Crippen molar-refractivity contribution in [3.8, 4) is 0 Å². The van der Waals surface area contributed by atoms with E-state index in [0.29, 0.717) is 17.2 Å². The number of oxazole rings is 1. The number of aryl methyl sites for hydroxylation is 2. The molecule has 0 spiro atoms. The lowest BCUT2D eigenvalue weighted by Crippen LogP contribution is -2.04. The molecule has 2 aromatic heterocycles. The van der Waals surface area contributed by atoms with Crippen molar-refractivity contribution in [2.24, 2.45) is 0 Å². The summed E-state index contributed by atoms with van der Waals surface area (Å²) >= 11 is 5.12. The molecule has 1 N–H and O–H groups in total. The Morgan fingerprint density at radius 3 is 3.00 bits per heavy atom. The van der Waals surface area contributed by atoms with E-state index in [9.17, 15) is 0 Å². The van der Waals surface area contributed by atoms with Gasteiger partial charge in [0.05, 0.1) is 6.20 Å². The van der Waals surface area contributed by atoms with Crippen LogP contribution in [0.25, 0.3) is 0 Å². The fourth-order valence-electron chi connectivity index (χ4n) is 1.39. The zero-order valence-electron chi connectivity index (χ0n) is 8.65. The number of nitrogens with zero attached hydrogens (tertiary/aromatic N) is 3. The minimum Gasteiger partial charge on any atom is -0.444 e. The molecule has 80 valence electrons. The lowest BCUT2D eigenvalue weighted by molar-refractivity contribution is 0.453. The second-order valence-corrected chi connectivity index (χ2v) is 3.64. The average Bonchev–Trinajstić information content (AvgIpc) is 2.76. The van der Waals surface area contributed by atoms with Gasteiger partial charge in [-0.1, -0.05) is 6.92 Å². The molecule has 0 fully saturated rings. The van der Waals surface area contributed by atoms with Gasteiger partial charge in [0.1, 0.15) is 18.1 Å². The topological polar surface area (TPSA) is 59.6 Å². The molecule has 15 heavy (non-hydrogen) atoms. The van der Waals surface area contributed by atoms with Crippen LogP contribution in [0.1, 0.15) is 24.4 Å². The Morgan fingerprint density at radius 2 is 2.40 bits per heavy atom. The summed E-state index contributed by atoms with van der Waals surface area (Å²) in [6.45, 7) is 4.43. The smallest absolute Gasteiger partial charge is 0.214 e. The minimum absolute atomic E-state index is 0.534. The Balaban J connectivity index is 2.31. The van der Waals surface area contributed by atoms with E-state index in [1.807, 2.05) is 18.4 Å². The summed E-state index contributed by atoms with van der Waals surface area (Å²) < 4.78 is 7.88. The molecular weight excluding hydrogens is 212 g/mol. The van der Waals surface area contributed by atoms with Crippen LogP contribution < -0.4 is 0 Å². The van der Waals surface area contributed by atoms with E-state index in [1.165, 1.54) is 0 Å². The van der Waals surface area contributed by atoms with E-state index in [1.54, 1.807) is 6.20 Å². The van der Waals surface area contributed by atoms with Crippen LogP contribution in [0.2, 0.25) is 0 Å². The van der Waals surface area contributed by atoms with Gasteiger partial charge in [0.25, 0.3) is 0 Å². The van der Waals surface area contributed by atoms with E-state index >= 15 is 0 Å². The molecule has 0 unspecified atom stereocenters. The summed E-state index contributed by atoms with van der Waals surface area (Å²) in [5, 5.41) is 6.88. The van der Waals surface area contributed by atoms with Crippen molar-refractivity contribution in [3.05, 3.63) is 28.4 Å². The number of hydrogen-bond acceptors (Lipinski definition) is 4. The molecule has 5 nitrogen and oxygen atoms in total. The van der Waals surface area contributed by atoms with Gasteiger partial charge in [-0.05, 0) is 19.1 Å². The quantitative estimate of drug-likeness (QED) is 0.808. The molecule has 2 aromatic rings. The van der Waals surface area contributed by atoms with Crippen LogP contribution in [0.4, 0.5) is 0 Å². The van der Waals surface area contributed by atoms with Gasteiger partial charge in [0.2, 0.25) is 5.89 Å². The average molecular weight is 224 g/mol. The first-order valence-electron chi connectivity index (χ1n) is 4.76. The van der Waals surface area contributed by atoms with Gasteiger partial charge < -0.3 is 4.42 Å². The summed E-state index contributed by atoms with van der Waals surface area (Å²) in [7, 11) is 0. The van der Waals surface area contributed by atoms with Crippen LogP contribution in [0.5, 0.6) is 0 Å². The van der Waals surface area contributed by atoms with Crippen molar-refractivity contribution in [1.29, 1.82) is 0 Å². The van der Waals surface area contributed by atoms with Crippen LogP contribution in [0.3, 0.4) is 0 Å². The van der Waals surface area contributed by atoms with Crippen LogP contribution in [-0.4, -0.2) is 19.7 Å². The van der Waals surface area contributed by atoms with Gasteiger partial charge in [-0.25, -0.2) is 4.98 Å². The molecule has 0 amide bonds. The third-order valence-electron chi connectivity index (χ3n) is 2.12. The van der Waals surface area contributed by atoms with Crippen LogP contribution in [0, 0.1) is 11.7 Å². The van der Waals surface area contributed by atoms with Crippen molar-refractivity contribution in [1.82, 2.24) is 19.7 Å². The first kappa shape index (κ1) is 10.1. The molecule has 6 heteroatoms. The molecule has 0 saturated heterocycles. The molecule has 0 bridgehead atoms. The number of aromatic amines is 1. The molecule has 0 aliphatic heterocycles. The Morgan fingerprint density at radius 1 is 1.60 bits per heavy atom. The van der Waals surface area contributed by atoms with Gasteiger partial charge in [-0.3, -0.25) is 9.67 Å². The molecule has 0 saturated carbocycles. The number of hydrogen-bond donors (Lipinski definition) is 1. The lowest BCUT2D eigenvalue weighted by Gasteiger charge is -2.00. The summed E-state index contributed by atoms with van der Waals surface area (Å²) in [5.41, 5.74) is 0. The second-order valence-electron chi connectivity index (χ2n) is 3.25. The number of H-pyrrole nitrogens is 1. The van der Waals surface area contributed by atoms with E-state index in [-0.39, 0.29) is 0 Å². The normalized spacial score (nSPS) is 10.8. The number of aromatic nitrogens is 4. The summed E-state index contributed by atoms with van der Waals surface area (Å²) in [6, 6.07) is 0. The lowest BCUT2D eigenvalue weighted by atomic mass is 10.4. The molecule has 0 aliphatic rings. The van der Waals surface area contributed by atoms with E-state index in [4.69, 9.17) is 16.6 Å². The Kier molecular flexibility index (Phi) is 2.68. The molecule has 0 aromatic carbocycles. The van der Waals surface area contributed by atoms with E-state index in [0.717, 1.165) is 18.0 Å². The molecule has 2 rings (SSSR count). The maximum absolute atomic E-state index is 5.39. The maximum atomic E-state index is 5.39. The fourth-order valence-corrected chi connectivity index (χ4v) is 1.61. The number of rotatable bonds is 3. The van der Waals surface area contributed by atoms with Crippen LogP contribution in [-0.2, 0) is 13.0 Å². The summed E-state index contributed by atoms with van der Waals surface area (Å²) in [6.07, 6.45) is 2.53. The zero-order chi connectivity index (χ0) is 10.8. The zero-order valence-corrected chi connectivity index (χ0v) is 9.47. The van der Waals surface area contributed by atoms with Crippen molar-refractivity contribution in [2.45, 2.75) is 26.8 Å². The first-order valence-corrected chi connectivity index (χ1v) is 5.17. The number of nitrogens with one attached hydrogen (secondary N) is 1. The molecular formula is C9H12N4OS. The summed E-state index contributed by atoms with van der Waals surface area (Å²) in [5.74, 6) is 2.37. The third kappa shape index (κ3) is 1.99. The molecule has 0 radical (unpaired) electrons. The molecule has 0 aliphatic carbocycles. The largest absolute Gasteiger partial charge is 0.444 e. The van der Waals surface area contributed by atoms with Gasteiger partial charge in [-0.15, -0.1) is 0 Å². The SMILES string of the molecule is CCc1n[nH]c(=S)n1Cc1ncc(C)o1. The van der Waals surface area contributed by atoms with E-state index in [2.05, 4.69) is 15.2 Å². The van der Waals surface area contributed by atoms with Crippen LogP contribution >= 0.6 is 12.2 Å². The second kappa shape index (κ2) is 3.98. The molecule has 0 atom stereocenters. The Bertz CT molecular complexity index is 510. The Hall–Kier alpha value is -1.43. The maximum Gasteiger partial charge on any atom is 0.214 e. The minimum atomic E-state index is 0.534. The highest BCUT2D eigenvalue weighted by atomic mass is 32.1. The highest BCUT2D eigenvalue weighted by Gasteiger charge is 2.07. The fraction of sp³-hybridized carbons (Fsp3) is 0.444. The third-order valence-corrected chi connectivity index (χ3v) is 2.43. The predicted octanol–water partition coefficient (Wildman–Crippen LogP) is 1.85. The standard InChI is InChI=1S/C9H12N4OS/c1-3-7-11-12-9(15)13(7)5-8-10-4-6(2)14-8/h4H,3,5H2,1-2H3,(H,12,15). The Labute approximate surface area is 92.1 Å². The van der Waals surface area contributed by atoms with Gasteiger partial charge in [0, 0.05) is 6.42 Å². The highest BCUT2D eigenvalue weighted by Crippen LogP contribution is 2.06. The van der Waals surface area contributed by atoms with Gasteiger partial charge in [0.15, 0.2) is 4.77 Å². The molecule has 2 heterocycles. The van der Waals surface area contributed by atoms with Crippen LogP contribution in [0.15, 0.2) is 10.6 Å². The van der Waals surface area contributed by atoms with Crippen molar-refractivity contribution in [2.75, 3.05) is 0 Å². The van der Waals surface area contributed by atoms with Crippen molar-refractivity contribution in [3.63, 3.8) is 0 Å². The highest BCUT2D eigenvalue weighted by molar-refractivity contribution is 7.71. The predicted molar refractivity (Wildman–Crippen MR) is 57.1 cm³/mol. The monoisotopic (exact) mass is 224 g/mol. The van der Waals surface area contributed by atoms with E-state index < -0.39 is 0 Å². The van der Waals surface area contributed by atoms with Gasteiger partial charge in [-0.2, -0.15) is 5.10 Å². The van der Waals surface area contributed by atoms with Crippen molar-refractivity contribution >= 4 is 12.2 Å². The van der Waals surface area contributed by atoms with Gasteiger partial charge >= 0.3 is 0 Å². The summed E-state index contributed by atoms with van der Waals surface area (Å²) in [4.78, 5) is 4.13. The first-order chi connectivity index (χ1) is 7.20.